The van der Waals surface area contributed by atoms with Crippen molar-refractivity contribution in [2.45, 2.75) is 39.3 Å². The quantitative estimate of drug-likeness (QED) is 0.929. The maximum atomic E-state index is 12.3. The minimum Gasteiger partial charge on any atom is -0.348 e. The van der Waals surface area contributed by atoms with E-state index in [1.54, 1.807) is 25.3 Å². The lowest BCUT2D eigenvalue weighted by atomic mass is 10.1. The highest BCUT2D eigenvalue weighted by Crippen LogP contribution is 2.32. The number of rotatable bonds is 4. The Balaban J connectivity index is 1.80. The van der Waals surface area contributed by atoms with Crippen LogP contribution in [0.1, 0.15) is 53.2 Å². The molecular formula is C19H22N4O2. The van der Waals surface area contributed by atoms with Gasteiger partial charge in [-0.15, -0.1) is 0 Å². The van der Waals surface area contributed by atoms with Crippen LogP contribution in [0, 0.1) is 6.92 Å². The standard InChI is InChI=1S/C19H22N4O2/c1-13-20-11-16(12-21-19(25)15-7-4-3-5-8-15)18(22-13)17-9-6-10-23(17)14(2)24/h3-5,7-8,11,17H,6,9-10,12H2,1-2H3,(H,21,25). The van der Waals surface area contributed by atoms with Gasteiger partial charge >= 0.3 is 0 Å². The van der Waals surface area contributed by atoms with Gasteiger partial charge in [0.05, 0.1) is 11.7 Å². The van der Waals surface area contributed by atoms with E-state index in [1.807, 2.05) is 30.0 Å². The normalized spacial score (nSPS) is 16.7. The fraction of sp³-hybridized carbons (Fsp3) is 0.368. The molecule has 0 spiro atoms. The molecule has 1 fully saturated rings. The van der Waals surface area contributed by atoms with E-state index in [1.165, 1.54) is 0 Å². The van der Waals surface area contributed by atoms with Gasteiger partial charge in [0.1, 0.15) is 5.82 Å². The summed E-state index contributed by atoms with van der Waals surface area (Å²) in [5.74, 6) is 0.587. The third-order valence-electron chi connectivity index (χ3n) is 4.47. The van der Waals surface area contributed by atoms with E-state index >= 15 is 0 Å². The molecule has 0 bridgehead atoms. The minimum atomic E-state index is -0.137. The Labute approximate surface area is 147 Å². The Bertz CT molecular complexity index is 776. The van der Waals surface area contributed by atoms with Crippen molar-refractivity contribution in [2.24, 2.45) is 0 Å². The van der Waals surface area contributed by atoms with Gasteiger partial charge in [0.15, 0.2) is 0 Å². The summed E-state index contributed by atoms with van der Waals surface area (Å²) in [5.41, 5.74) is 2.31. The van der Waals surface area contributed by atoms with Crippen LogP contribution < -0.4 is 5.32 Å². The highest BCUT2D eigenvalue weighted by molar-refractivity contribution is 5.94. The highest BCUT2D eigenvalue weighted by atomic mass is 16.2. The number of aryl methyl sites for hydroxylation is 1. The van der Waals surface area contributed by atoms with Crippen LogP contribution in [0.25, 0.3) is 0 Å². The summed E-state index contributed by atoms with van der Waals surface area (Å²) in [6.07, 6.45) is 3.60. The summed E-state index contributed by atoms with van der Waals surface area (Å²) in [7, 11) is 0. The van der Waals surface area contributed by atoms with Gasteiger partial charge in [0.2, 0.25) is 5.91 Å². The molecule has 1 atom stereocenters. The van der Waals surface area contributed by atoms with E-state index < -0.39 is 0 Å². The van der Waals surface area contributed by atoms with Crippen molar-refractivity contribution in [3.05, 3.63) is 59.2 Å². The predicted molar refractivity (Wildman–Crippen MR) is 93.7 cm³/mol. The van der Waals surface area contributed by atoms with Gasteiger partial charge in [-0.05, 0) is 31.9 Å². The van der Waals surface area contributed by atoms with Crippen LogP contribution >= 0.6 is 0 Å². The fourth-order valence-electron chi connectivity index (χ4n) is 3.23. The summed E-state index contributed by atoms with van der Waals surface area (Å²) in [6.45, 7) is 4.51. The molecule has 1 aromatic heterocycles. The molecule has 2 heterocycles. The summed E-state index contributed by atoms with van der Waals surface area (Å²) >= 11 is 0. The molecule has 25 heavy (non-hydrogen) atoms. The first kappa shape index (κ1) is 17.1. The Kier molecular flexibility index (Phi) is 5.07. The lowest BCUT2D eigenvalue weighted by molar-refractivity contribution is -0.129. The van der Waals surface area contributed by atoms with Crippen molar-refractivity contribution in [3.63, 3.8) is 0 Å². The van der Waals surface area contributed by atoms with Gasteiger partial charge in [-0.2, -0.15) is 0 Å². The number of nitrogens with one attached hydrogen (secondary N) is 1. The summed E-state index contributed by atoms with van der Waals surface area (Å²) in [5, 5.41) is 2.92. The zero-order valence-electron chi connectivity index (χ0n) is 14.5. The SMILES string of the molecule is CC(=O)N1CCCC1c1nc(C)ncc1CNC(=O)c1ccccc1. The Hall–Kier alpha value is -2.76. The maximum Gasteiger partial charge on any atom is 0.251 e. The number of carbonyl (C=O) groups excluding carboxylic acids is 2. The third kappa shape index (κ3) is 3.84. The van der Waals surface area contributed by atoms with Gasteiger partial charge in [-0.25, -0.2) is 9.97 Å². The largest absolute Gasteiger partial charge is 0.348 e. The second-order valence-electron chi connectivity index (χ2n) is 6.25. The van der Waals surface area contributed by atoms with Crippen LogP contribution in [0.3, 0.4) is 0 Å². The van der Waals surface area contributed by atoms with Gasteiger partial charge in [-0.1, -0.05) is 18.2 Å². The van der Waals surface area contributed by atoms with Crippen LogP contribution in [-0.2, 0) is 11.3 Å². The molecule has 1 N–H and O–H groups in total. The van der Waals surface area contributed by atoms with E-state index in [2.05, 4.69) is 15.3 Å². The number of likely N-dealkylation sites (tertiary alicyclic amines) is 1. The highest BCUT2D eigenvalue weighted by Gasteiger charge is 2.31. The smallest absolute Gasteiger partial charge is 0.251 e. The van der Waals surface area contributed by atoms with Crippen molar-refractivity contribution >= 4 is 11.8 Å². The molecule has 6 nitrogen and oxygen atoms in total. The predicted octanol–water partition coefficient (Wildman–Crippen LogP) is 2.40. The lowest BCUT2D eigenvalue weighted by Gasteiger charge is -2.25. The topological polar surface area (TPSA) is 75.2 Å². The number of benzene rings is 1. The fourth-order valence-corrected chi connectivity index (χ4v) is 3.23. The summed E-state index contributed by atoms with van der Waals surface area (Å²) in [4.78, 5) is 34.9. The number of aromatic nitrogens is 2. The van der Waals surface area contributed by atoms with Crippen LogP contribution in [0.4, 0.5) is 0 Å². The Morgan fingerprint density at radius 1 is 1.28 bits per heavy atom. The van der Waals surface area contributed by atoms with Gasteiger partial charge in [-0.3, -0.25) is 9.59 Å². The molecule has 1 aliphatic heterocycles. The summed E-state index contributed by atoms with van der Waals surface area (Å²) < 4.78 is 0. The second-order valence-corrected chi connectivity index (χ2v) is 6.25. The van der Waals surface area contributed by atoms with E-state index in [9.17, 15) is 9.59 Å². The van der Waals surface area contributed by atoms with Crippen LogP contribution in [-0.4, -0.2) is 33.2 Å². The van der Waals surface area contributed by atoms with E-state index in [0.29, 0.717) is 17.9 Å². The first-order chi connectivity index (χ1) is 12.1. The van der Waals surface area contributed by atoms with Crippen LogP contribution in [0.5, 0.6) is 0 Å². The van der Waals surface area contributed by atoms with Gasteiger partial charge < -0.3 is 10.2 Å². The average Bonchev–Trinajstić information content (AvgIpc) is 3.11. The van der Waals surface area contributed by atoms with Gasteiger partial charge in [0.25, 0.3) is 5.91 Å². The molecular weight excluding hydrogens is 316 g/mol. The van der Waals surface area contributed by atoms with Crippen molar-refractivity contribution in [3.8, 4) is 0 Å². The molecule has 1 aliphatic rings. The molecule has 130 valence electrons. The Morgan fingerprint density at radius 3 is 2.76 bits per heavy atom. The van der Waals surface area contributed by atoms with Crippen molar-refractivity contribution < 1.29 is 9.59 Å². The first-order valence-corrected chi connectivity index (χ1v) is 8.49. The van der Waals surface area contributed by atoms with Gasteiger partial charge in [0, 0.05) is 37.3 Å². The molecule has 1 unspecified atom stereocenters. The molecule has 0 saturated carbocycles. The van der Waals surface area contributed by atoms with Crippen molar-refractivity contribution in [1.29, 1.82) is 0 Å². The molecule has 0 radical (unpaired) electrons. The van der Waals surface area contributed by atoms with Crippen molar-refractivity contribution in [2.75, 3.05) is 6.54 Å². The van der Waals surface area contributed by atoms with E-state index in [-0.39, 0.29) is 17.9 Å². The zero-order chi connectivity index (χ0) is 17.8. The Morgan fingerprint density at radius 2 is 2.04 bits per heavy atom. The third-order valence-corrected chi connectivity index (χ3v) is 4.47. The number of amides is 2. The van der Waals surface area contributed by atoms with Crippen molar-refractivity contribution in [1.82, 2.24) is 20.2 Å². The molecule has 1 saturated heterocycles. The van der Waals surface area contributed by atoms with E-state index in [4.69, 9.17) is 0 Å². The number of carbonyl (C=O) groups is 2. The number of hydrogen-bond donors (Lipinski definition) is 1. The summed E-state index contributed by atoms with van der Waals surface area (Å²) in [6, 6.07) is 9.05. The molecule has 2 amide bonds. The zero-order valence-corrected chi connectivity index (χ0v) is 14.5. The van der Waals surface area contributed by atoms with Crippen LogP contribution in [0.15, 0.2) is 36.5 Å². The average molecular weight is 338 g/mol. The maximum absolute atomic E-state index is 12.3. The molecule has 0 aliphatic carbocycles. The molecule has 3 rings (SSSR count). The first-order valence-electron chi connectivity index (χ1n) is 8.49. The lowest BCUT2D eigenvalue weighted by Crippen LogP contribution is -2.30. The minimum absolute atomic E-state index is 0.0390. The number of hydrogen-bond acceptors (Lipinski definition) is 4. The molecule has 2 aromatic rings. The number of nitrogens with zero attached hydrogens (tertiary/aromatic N) is 3. The van der Waals surface area contributed by atoms with E-state index in [0.717, 1.165) is 30.6 Å². The molecule has 6 heteroatoms. The molecule has 1 aromatic carbocycles. The monoisotopic (exact) mass is 338 g/mol. The second kappa shape index (κ2) is 7.42. The van der Waals surface area contributed by atoms with Crippen LogP contribution in [0.2, 0.25) is 0 Å².